The quantitative estimate of drug-likeness (QED) is 0.289. The van der Waals surface area contributed by atoms with Crippen molar-refractivity contribution in [2.45, 2.75) is 37.1 Å². The number of benzene rings is 2. The molecule has 176 valence electrons. The van der Waals surface area contributed by atoms with Crippen LogP contribution in [0.25, 0.3) is 0 Å². The van der Waals surface area contributed by atoms with Crippen LogP contribution in [0, 0.1) is 6.92 Å². The summed E-state index contributed by atoms with van der Waals surface area (Å²) in [4.78, 5) is 7.27. The fourth-order valence-electron chi connectivity index (χ4n) is 3.94. The Morgan fingerprint density at radius 2 is 1.66 bits per heavy atom. The first-order valence-electron chi connectivity index (χ1n) is 10.9. The van der Waals surface area contributed by atoms with E-state index in [0.717, 1.165) is 44.1 Å². The van der Waals surface area contributed by atoms with Crippen molar-refractivity contribution in [1.82, 2.24) is 15.5 Å². The number of rotatable bonds is 8. The van der Waals surface area contributed by atoms with E-state index in [1.54, 1.807) is 19.2 Å². The number of sulfone groups is 1. The standard InChI is InChI=1S/C24H34N4O2S.HI/c1-19-6-10-21(11-7-19)23(28-16-4-5-17-28)18-27-24(25-2)26-15-14-20-8-12-22(13-9-20)31(3,29)30;/h6-13,23H,4-5,14-18H2,1-3H3,(H2,25,26,27);1H. The second kappa shape index (κ2) is 12.6. The first-order chi connectivity index (χ1) is 14.9. The molecule has 1 heterocycles. The van der Waals surface area contributed by atoms with E-state index in [9.17, 15) is 8.42 Å². The molecule has 0 radical (unpaired) electrons. The molecule has 1 fully saturated rings. The van der Waals surface area contributed by atoms with Crippen LogP contribution in [0.4, 0.5) is 0 Å². The van der Waals surface area contributed by atoms with Crippen molar-refractivity contribution in [1.29, 1.82) is 0 Å². The number of hydrogen-bond acceptors (Lipinski definition) is 4. The van der Waals surface area contributed by atoms with Gasteiger partial charge in [-0.25, -0.2) is 8.42 Å². The van der Waals surface area contributed by atoms with Gasteiger partial charge in [0, 0.05) is 26.4 Å². The Balaban J connectivity index is 0.00000363. The Kier molecular flexibility index (Phi) is 10.4. The van der Waals surface area contributed by atoms with Crippen LogP contribution in [-0.2, 0) is 16.3 Å². The second-order valence-corrected chi connectivity index (χ2v) is 10.2. The largest absolute Gasteiger partial charge is 0.356 e. The van der Waals surface area contributed by atoms with Gasteiger partial charge >= 0.3 is 0 Å². The Bertz CT molecular complexity index is 970. The van der Waals surface area contributed by atoms with Crippen LogP contribution in [0.3, 0.4) is 0 Å². The summed E-state index contributed by atoms with van der Waals surface area (Å²) in [5.41, 5.74) is 3.70. The molecule has 6 nitrogen and oxygen atoms in total. The fraction of sp³-hybridized carbons (Fsp3) is 0.458. The monoisotopic (exact) mass is 570 g/mol. The van der Waals surface area contributed by atoms with Gasteiger partial charge in [0.1, 0.15) is 0 Å². The molecule has 0 aliphatic carbocycles. The third-order valence-corrected chi connectivity index (χ3v) is 6.92. The molecule has 0 spiro atoms. The Morgan fingerprint density at radius 3 is 2.22 bits per heavy atom. The number of aryl methyl sites for hydroxylation is 1. The molecule has 2 aromatic rings. The zero-order valence-electron chi connectivity index (χ0n) is 19.2. The van der Waals surface area contributed by atoms with E-state index in [1.807, 2.05) is 12.1 Å². The van der Waals surface area contributed by atoms with Gasteiger partial charge < -0.3 is 10.6 Å². The number of guanidine groups is 1. The van der Waals surface area contributed by atoms with Gasteiger partial charge in [-0.3, -0.25) is 9.89 Å². The van der Waals surface area contributed by atoms with Gasteiger partial charge in [0.25, 0.3) is 0 Å². The Morgan fingerprint density at radius 1 is 1.03 bits per heavy atom. The number of nitrogens with one attached hydrogen (secondary N) is 2. The molecule has 1 saturated heterocycles. The molecule has 8 heteroatoms. The average Bonchev–Trinajstić information content (AvgIpc) is 3.28. The van der Waals surface area contributed by atoms with Crippen molar-refractivity contribution >= 4 is 39.8 Å². The minimum absolute atomic E-state index is 0. The van der Waals surface area contributed by atoms with E-state index < -0.39 is 9.84 Å². The Labute approximate surface area is 209 Å². The molecule has 32 heavy (non-hydrogen) atoms. The zero-order valence-corrected chi connectivity index (χ0v) is 22.3. The van der Waals surface area contributed by atoms with Gasteiger partial charge in [0.05, 0.1) is 10.9 Å². The first-order valence-corrected chi connectivity index (χ1v) is 12.8. The lowest BCUT2D eigenvalue weighted by molar-refractivity contribution is 0.245. The highest BCUT2D eigenvalue weighted by Crippen LogP contribution is 2.24. The van der Waals surface area contributed by atoms with Gasteiger partial charge in [-0.15, -0.1) is 24.0 Å². The minimum atomic E-state index is -3.15. The summed E-state index contributed by atoms with van der Waals surface area (Å²) in [6.45, 7) is 5.90. The van der Waals surface area contributed by atoms with Crippen molar-refractivity contribution in [3.05, 3.63) is 65.2 Å². The summed E-state index contributed by atoms with van der Waals surface area (Å²) in [6, 6.07) is 16.2. The SMILES string of the molecule is CN=C(NCCc1ccc(S(C)(=O)=O)cc1)NCC(c1ccc(C)cc1)N1CCCC1.I. The third-order valence-electron chi connectivity index (χ3n) is 5.79. The highest BCUT2D eigenvalue weighted by molar-refractivity contribution is 14.0. The fourth-order valence-corrected chi connectivity index (χ4v) is 4.57. The molecule has 0 bridgehead atoms. The molecule has 1 aliphatic heterocycles. The van der Waals surface area contributed by atoms with Crippen molar-refractivity contribution in [2.24, 2.45) is 4.99 Å². The summed E-state index contributed by atoms with van der Waals surface area (Å²) in [6.07, 6.45) is 4.53. The number of likely N-dealkylation sites (tertiary alicyclic amines) is 1. The van der Waals surface area contributed by atoms with E-state index in [0.29, 0.717) is 10.9 Å². The molecule has 0 aromatic heterocycles. The lowest BCUT2D eigenvalue weighted by Gasteiger charge is -2.29. The van der Waals surface area contributed by atoms with Crippen LogP contribution >= 0.6 is 24.0 Å². The van der Waals surface area contributed by atoms with Gasteiger partial charge in [0.15, 0.2) is 15.8 Å². The minimum Gasteiger partial charge on any atom is -0.356 e. The maximum absolute atomic E-state index is 11.6. The predicted molar refractivity (Wildman–Crippen MR) is 143 cm³/mol. The van der Waals surface area contributed by atoms with Crippen LogP contribution < -0.4 is 10.6 Å². The van der Waals surface area contributed by atoms with Crippen molar-refractivity contribution in [3.8, 4) is 0 Å². The molecule has 3 rings (SSSR count). The smallest absolute Gasteiger partial charge is 0.191 e. The van der Waals surface area contributed by atoms with Crippen molar-refractivity contribution in [2.75, 3.05) is 39.5 Å². The second-order valence-electron chi connectivity index (χ2n) is 8.22. The number of nitrogens with zero attached hydrogens (tertiary/aromatic N) is 2. The van der Waals surface area contributed by atoms with Crippen LogP contribution in [0.15, 0.2) is 58.4 Å². The molecule has 1 unspecified atom stereocenters. The summed E-state index contributed by atoms with van der Waals surface area (Å²) < 4.78 is 23.2. The average molecular weight is 571 g/mol. The van der Waals surface area contributed by atoms with E-state index in [4.69, 9.17) is 0 Å². The summed E-state index contributed by atoms with van der Waals surface area (Å²) >= 11 is 0. The number of aliphatic imine (C=N–C) groups is 1. The summed E-state index contributed by atoms with van der Waals surface area (Å²) in [7, 11) is -1.37. The highest BCUT2D eigenvalue weighted by Gasteiger charge is 2.23. The maximum Gasteiger partial charge on any atom is 0.191 e. The number of halogens is 1. The lowest BCUT2D eigenvalue weighted by Crippen LogP contribution is -2.43. The molecule has 2 aromatic carbocycles. The molecule has 1 atom stereocenters. The van der Waals surface area contributed by atoms with Crippen LogP contribution in [0.2, 0.25) is 0 Å². The molecular formula is C24H35IN4O2S. The van der Waals surface area contributed by atoms with Crippen LogP contribution in [0.5, 0.6) is 0 Å². The Hall–Kier alpha value is -1.65. The number of hydrogen-bond donors (Lipinski definition) is 2. The van der Waals surface area contributed by atoms with E-state index in [-0.39, 0.29) is 24.0 Å². The highest BCUT2D eigenvalue weighted by atomic mass is 127. The molecule has 0 amide bonds. The topological polar surface area (TPSA) is 73.8 Å². The van der Waals surface area contributed by atoms with Crippen LogP contribution in [0.1, 0.15) is 35.6 Å². The van der Waals surface area contributed by atoms with Gasteiger partial charge in [-0.2, -0.15) is 0 Å². The van der Waals surface area contributed by atoms with Gasteiger partial charge in [0.2, 0.25) is 0 Å². The molecule has 0 saturated carbocycles. The van der Waals surface area contributed by atoms with E-state index >= 15 is 0 Å². The molecular weight excluding hydrogens is 535 g/mol. The normalized spacial score (nSPS) is 15.8. The molecule has 2 N–H and O–H groups in total. The molecule has 1 aliphatic rings. The van der Waals surface area contributed by atoms with Crippen LogP contribution in [-0.4, -0.2) is 58.8 Å². The van der Waals surface area contributed by atoms with Crippen molar-refractivity contribution in [3.63, 3.8) is 0 Å². The van der Waals surface area contributed by atoms with E-state index in [1.165, 1.54) is 30.2 Å². The zero-order chi connectivity index (χ0) is 22.3. The third kappa shape index (κ3) is 7.74. The summed E-state index contributed by atoms with van der Waals surface area (Å²) in [5, 5.41) is 6.86. The first kappa shape index (κ1) is 26.6. The van der Waals surface area contributed by atoms with Crippen molar-refractivity contribution < 1.29 is 8.42 Å². The lowest BCUT2D eigenvalue weighted by atomic mass is 10.0. The summed E-state index contributed by atoms with van der Waals surface area (Å²) in [5.74, 6) is 0.782. The van der Waals surface area contributed by atoms with E-state index in [2.05, 4.69) is 51.7 Å². The predicted octanol–water partition coefficient (Wildman–Crippen LogP) is 3.56. The van der Waals surface area contributed by atoms with Gasteiger partial charge in [-0.05, 0) is 62.5 Å². The maximum atomic E-state index is 11.6. The van der Waals surface area contributed by atoms with Gasteiger partial charge in [-0.1, -0.05) is 42.0 Å².